The van der Waals surface area contributed by atoms with E-state index in [1.54, 1.807) is 12.1 Å². The van der Waals surface area contributed by atoms with Gasteiger partial charge >= 0.3 is 6.18 Å². The number of hydrogen-bond donors (Lipinski definition) is 1. The molecular formula is C13H16F3N. The minimum atomic E-state index is -4.24. The third-order valence-corrected chi connectivity index (χ3v) is 3.23. The Morgan fingerprint density at radius 2 is 1.65 bits per heavy atom. The lowest BCUT2D eigenvalue weighted by Gasteiger charge is -2.12. The van der Waals surface area contributed by atoms with Gasteiger partial charge in [-0.25, -0.2) is 0 Å². The molecule has 1 aromatic rings. The van der Waals surface area contributed by atoms with Crippen molar-refractivity contribution in [2.24, 2.45) is 0 Å². The van der Waals surface area contributed by atoms with E-state index in [0.29, 0.717) is 12.6 Å². The van der Waals surface area contributed by atoms with Crippen molar-refractivity contribution in [2.45, 2.75) is 44.4 Å². The second-order valence-corrected chi connectivity index (χ2v) is 4.56. The zero-order valence-corrected chi connectivity index (χ0v) is 9.56. The van der Waals surface area contributed by atoms with Crippen LogP contribution in [0.2, 0.25) is 0 Å². The van der Waals surface area contributed by atoms with Crippen LogP contribution in [0.4, 0.5) is 13.2 Å². The van der Waals surface area contributed by atoms with Gasteiger partial charge in [0.15, 0.2) is 0 Å². The van der Waals surface area contributed by atoms with Crippen molar-refractivity contribution in [1.29, 1.82) is 0 Å². The van der Waals surface area contributed by atoms with E-state index >= 15 is 0 Å². The first kappa shape index (κ1) is 12.4. The molecule has 1 aromatic carbocycles. The van der Waals surface area contributed by atoms with E-state index in [1.807, 2.05) is 0 Å². The van der Waals surface area contributed by atoms with Crippen LogP contribution in [-0.4, -0.2) is 6.04 Å². The first-order valence-electron chi connectivity index (χ1n) is 5.95. The molecule has 1 aliphatic carbocycles. The van der Waals surface area contributed by atoms with Gasteiger partial charge in [-0.3, -0.25) is 0 Å². The molecule has 2 rings (SSSR count). The van der Waals surface area contributed by atoms with E-state index in [-0.39, 0.29) is 0 Å². The summed E-state index contributed by atoms with van der Waals surface area (Å²) in [4.78, 5) is 0. The summed E-state index contributed by atoms with van der Waals surface area (Å²) in [5, 5.41) is 3.37. The SMILES string of the molecule is FC(F)(F)c1ccc(CNC2CCCC2)cc1. The highest BCUT2D eigenvalue weighted by molar-refractivity contribution is 5.24. The van der Waals surface area contributed by atoms with Crippen LogP contribution in [0.1, 0.15) is 36.8 Å². The molecule has 4 heteroatoms. The van der Waals surface area contributed by atoms with Crippen LogP contribution >= 0.6 is 0 Å². The highest BCUT2D eigenvalue weighted by Gasteiger charge is 2.29. The lowest BCUT2D eigenvalue weighted by molar-refractivity contribution is -0.137. The van der Waals surface area contributed by atoms with Crippen molar-refractivity contribution in [3.8, 4) is 0 Å². The molecule has 0 amide bonds. The van der Waals surface area contributed by atoms with E-state index in [1.165, 1.54) is 25.7 Å². The number of nitrogens with one attached hydrogen (secondary N) is 1. The molecule has 0 atom stereocenters. The van der Waals surface area contributed by atoms with Gasteiger partial charge in [0.25, 0.3) is 0 Å². The van der Waals surface area contributed by atoms with E-state index < -0.39 is 11.7 Å². The fourth-order valence-electron chi connectivity index (χ4n) is 2.20. The predicted octanol–water partition coefficient (Wildman–Crippen LogP) is 3.74. The molecule has 1 saturated carbocycles. The molecule has 1 fully saturated rings. The Morgan fingerprint density at radius 1 is 1.06 bits per heavy atom. The quantitative estimate of drug-likeness (QED) is 0.852. The number of benzene rings is 1. The Balaban J connectivity index is 1.89. The highest BCUT2D eigenvalue weighted by Crippen LogP contribution is 2.29. The second kappa shape index (κ2) is 5.08. The molecule has 17 heavy (non-hydrogen) atoms. The summed E-state index contributed by atoms with van der Waals surface area (Å²) in [5.41, 5.74) is 0.326. The van der Waals surface area contributed by atoms with E-state index in [9.17, 15) is 13.2 Å². The maximum absolute atomic E-state index is 12.3. The van der Waals surface area contributed by atoms with Gasteiger partial charge in [-0.05, 0) is 30.5 Å². The lowest BCUT2D eigenvalue weighted by Crippen LogP contribution is -2.25. The predicted molar refractivity (Wildman–Crippen MR) is 60.5 cm³/mol. The molecule has 0 aliphatic heterocycles. The standard InChI is InChI=1S/C13H16F3N/c14-13(15,16)11-7-5-10(6-8-11)9-17-12-3-1-2-4-12/h5-8,12,17H,1-4,9H2. The molecule has 0 bridgehead atoms. The Labute approximate surface area is 99.0 Å². The van der Waals surface area contributed by atoms with Crippen molar-refractivity contribution in [3.05, 3.63) is 35.4 Å². The van der Waals surface area contributed by atoms with Crippen molar-refractivity contribution in [3.63, 3.8) is 0 Å². The average molecular weight is 243 g/mol. The molecule has 1 N–H and O–H groups in total. The number of alkyl halides is 3. The van der Waals surface area contributed by atoms with Crippen LogP contribution in [0.25, 0.3) is 0 Å². The Bertz CT molecular complexity index is 350. The van der Waals surface area contributed by atoms with Gasteiger partial charge in [-0.15, -0.1) is 0 Å². The maximum Gasteiger partial charge on any atom is 0.416 e. The van der Waals surface area contributed by atoms with Crippen LogP contribution in [0.5, 0.6) is 0 Å². The minimum Gasteiger partial charge on any atom is -0.310 e. The van der Waals surface area contributed by atoms with Gasteiger partial charge in [0, 0.05) is 12.6 Å². The molecule has 0 heterocycles. The zero-order chi connectivity index (χ0) is 12.3. The molecular weight excluding hydrogens is 227 g/mol. The average Bonchev–Trinajstić information content (AvgIpc) is 2.78. The van der Waals surface area contributed by atoms with Gasteiger partial charge in [0.05, 0.1) is 5.56 Å². The maximum atomic E-state index is 12.3. The monoisotopic (exact) mass is 243 g/mol. The van der Waals surface area contributed by atoms with Crippen LogP contribution < -0.4 is 5.32 Å². The van der Waals surface area contributed by atoms with Crippen molar-refractivity contribution in [1.82, 2.24) is 5.32 Å². The topological polar surface area (TPSA) is 12.0 Å². The summed E-state index contributed by atoms with van der Waals surface area (Å²) in [6.07, 6.45) is 0.633. The second-order valence-electron chi connectivity index (χ2n) is 4.56. The third kappa shape index (κ3) is 3.46. The lowest BCUT2D eigenvalue weighted by atomic mass is 10.1. The third-order valence-electron chi connectivity index (χ3n) is 3.23. The fourth-order valence-corrected chi connectivity index (χ4v) is 2.20. The van der Waals surface area contributed by atoms with Crippen LogP contribution in [-0.2, 0) is 12.7 Å². The molecule has 1 nitrogen and oxygen atoms in total. The largest absolute Gasteiger partial charge is 0.416 e. The van der Waals surface area contributed by atoms with Crippen molar-refractivity contribution in [2.75, 3.05) is 0 Å². The Kier molecular flexibility index (Phi) is 3.72. The van der Waals surface area contributed by atoms with Gasteiger partial charge in [0.2, 0.25) is 0 Å². The minimum absolute atomic E-state index is 0.539. The Morgan fingerprint density at radius 3 is 2.18 bits per heavy atom. The normalized spacial score (nSPS) is 17.6. The Hall–Kier alpha value is -1.03. The molecule has 0 saturated heterocycles. The number of rotatable bonds is 3. The summed E-state index contributed by atoms with van der Waals surface area (Å²) < 4.78 is 37.0. The number of hydrogen-bond acceptors (Lipinski definition) is 1. The summed E-state index contributed by atoms with van der Waals surface area (Å²) in [6, 6.07) is 5.92. The van der Waals surface area contributed by atoms with Crippen molar-refractivity contribution < 1.29 is 13.2 Å². The zero-order valence-electron chi connectivity index (χ0n) is 9.56. The molecule has 0 unspecified atom stereocenters. The van der Waals surface area contributed by atoms with Gasteiger partial charge in [-0.2, -0.15) is 13.2 Å². The van der Waals surface area contributed by atoms with E-state index in [4.69, 9.17) is 0 Å². The number of halogens is 3. The van der Waals surface area contributed by atoms with Crippen LogP contribution in [0.15, 0.2) is 24.3 Å². The summed E-state index contributed by atoms with van der Waals surface area (Å²) >= 11 is 0. The van der Waals surface area contributed by atoms with Gasteiger partial charge < -0.3 is 5.32 Å². The molecule has 0 spiro atoms. The summed E-state index contributed by atoms with van der Waals surface area (Å²) in [5.74, 6) is 0. The van der Waals surface area contributed by atoms with Crippen LogP contribution in [0.3, 0.4) is 0 Å². The first-order valence-corrected chi connectivity index (χ1v) is 5.95. The molecule has 1 aliphatic rings. The fraction of sp³-hybridized carbons (Fsp3) is 0.538. The van der Waals surface area contributed by atoms with Gasteiger partial charge in [-0.1, -0.05) is 25.0 Å². The van der Waals surface area contributed by atoms with E-state index in [2.05, 4.69) is 5.32 Å². The smallest absolute Gasteiger partial charge is 0.310 e. The van der Waals surface area contributed by atoms with Crippen LogP contribution in [0, 0.1) is 0 Å². The summed E-state index contributed by atoms with van der Waals surface area (Å²) in [7, 11) is 0. The molecule has 94 valence electrons. The highest BCUT2D eigenvalue weighted by atomic mass is 19.4. The van der Waals surface area contributed by atoms with Gasteiger partial charge in [0.1, 0.15) is 0 Å². The summed E-state index contributed by atoms with van der Waals surface area (Å²) in [6.45, 7) is 0.656. The van der Waals surface area contributed by atoms with Crippen molar-refractivity contribution >= 4 is 0 Å². The van der Waals surface area contributed by atoms with E-state index in [0.717, 1.165) is 17.7 Å². The molecule has 0 aromatic heterocycles. The molecule has 0 radical (unpaired) electrons. The first-order chi connectivity index (χ1) is 8.05.